The summed E-state index contributed by atoms with van der Waals surface area (Å²) in [5.74, 6) is 1.22. The number of rotatable bonds is 6. The van der Waals surface area contributed by atoms with Crippen LogP contribution in [-0.4, -0.2) is 13.1 Å². The summed E-state index contributed by atoms with van der Waals surface area (Å²) in [7, 11) is -2.90. The molecule has 0 amide bonds. The van der Waals surface area contributed by atoms with E-state index in [-0.39, 0.29) is 5.04 Å². The van der Waals surface area contributed by atoms with Crippen LogP contribution in [0.5, 0.6) is 0 Å². The maximum atomic E-state index is 12.2. The number of nitriles is 1. The van der Waals surface area contributed by atoms with Gasteiger partial charge in [-0.2, -0.15) is 5.26 Å². The minimum Gasteiger partial charge on any atom is -0.424 e. The highest BCUT2D eigenvalue weighted by Crippen LogP contribution is 2.45. The normalized spacial score (nSPS) is 20.8. The topological polar surface area (TPSA) is 44.0 Å². The van der Waals surface area contributed by atoms with Gasteiger partial charge in [-0.1, -0.05) is 87.4 Å². The van der Waals surface area contributed by atoms with Gasteiger partial charge in [-0.3, -0.25) is 0 Å². The largest absolute Gasteiger partial charge is 0.424 e. The van der Waals surface area contributed by atoms with Crippen molar-refractivity contribution in [3.05, 3.63) is 60.7 Å². The standard InChI is InChI=1S/C24H31NOSi/c1-24(2,19-21-15-13-20(14-16-21)17-18-25)27(26,22-9-5-3-6-10-22)23-11-7-4-8-12-23/h3-12,20-21,26H,13-17,19H2,1-2H3. The van der Waals surface area contributed by atoms with E-state index < -0.39 is 8.32 Å². The van der Waals surface area contributed by atoms with Crippen molar-refractivity contribution in [1.29, 1.82) is 5.26 Å². The molecule has 0 atom stereocenters. The van der Waals surface area contributed by atoms with E-state index in [1.54, 1.807) is 0 Å². The van der Waals surface area contributed by atoms with Gasteiger partial charge in [-0.15, -0.1) is 0 Å². The van der Waals surface area contributed by atoms with Crippen LogP contribution in [-0.2, 0) is 0 Å². The summed E-state index contributed by atoms with van der Waals surface area (Å²) in [6.07, 6.45) is 6.42. The second-order valence-electron chi connectivity index (χ2n) is 8.78. The fourth-order valence-corrected chi connectivity index (χ4v) is 8.78. The quantitative estimate of drug-likeness (QED) is 0.746. The van der Waals surface area contributed by atoms with E-state index in [2.05, 4.69) is 44.2 Å². The molecule has 0 unspecified atom stereocenters. The van der Waals surface area contributed by atoms with Crippen molar-refractivity contribution in [3.8, 4) is 6.07 Å². The van der Waals surface area contributed by atoms with Crippen LogP contribution in [0.1, 0.15) is 52.4 Å². The first-order valence-corrected chi connectivity index (χ1v) is 12.1. The maximum Gasteiger partial charge on any atom is 0.258 e. The van der Waals surface area contributed by atoms with Gasteiger partial charge in [0.2, 0.25) is 0 Å². The average Bonchev–Trinajstić information content (AvgIpc) is 2.70. The van der Waals surface area contributed by atoms with Crippen LogP contribution in [0.15, 0.2) is 60.7 Å². The Balaban J connectivity index is 1.87. The molecule has 2 aromatic rings. The third-order valence-electron chi connectivity index (χ3n) is 6.51. The average molecular weight is 378 g/mol. The van der Waals surface area contributed by atoms with E-state index in [1.165, 1.54) is 12.8 Å². The molecule has 3 heteroatoms. The molecule has 1 N–H and O–H groups in total. The third kappa shape index (κ3) is 4.18. The van der Waals surface area contributed by atoms with Crippen LogP contribution in [0, 0.1) is 23.2 Å². The fourth-order valence-electron chi connectivity index (χ4n) is 4.95. The first kappa shape index (κ1) is 19.9. The number of hydrogen-bond donors (Lipinski definition) is 1. The monoisotopic (exact) mass is 377 g/mol. The molecular formula is C24H31NOSi. The predicted molar refractivity (Wildman–Crippen MR) is 114 cm³/mol. The SMILES string of the molecule is CC(C)(CC1CCC(CC#N)CC1)[Si](O)(c1ccccc1)c1ccccc1. The van der Waals surface area contributed by atoms with E-state index in [0.717, 1.165) is 29.6 Å². The number of benzene rings is 2. The first-order chi connectivity index (χ1) is 13.0. The second-order valence-corrected chi connectivity index (χ2v) is 12.7. The van der Waals surface area contributed by atoms with Gasteiger partial charge < -0.3 is 4.80 Å². The van der Waals surface area contributed by atoms with Crippen molar-refractivity contribution in [2.24, 2.45) is 11.8 Å². The van der Waals surface area contributed by atoms with Crippen molar-refractivity contribution >= 4 is 18.7 Å². The summed E-state index contributed by atoms with van der Waals surface area (Å²) in [5.41, 5.74) is 0. The molecule has 0 heterocycles. The summed E-state index contributed by atoms with van der Waals surface area (Å²) in [6, 6.07) is 22.9. The molecule has 0 spiro atoms. The molecule has 1 aliphatic carbocycles. The fraction of sp³-hybridized carbons (Fsp3) is 0.458. The molecule has 1 saturated carbocycles. The van der Waals surface area contributed by atoms with Crippen molar-refractivity contribution < 1.29 is 4.80 Å². The number of nitrogens with zero attached hydrogens (tertiary/aromatic N) is 1. The Hall–Kier alpha value is -1.89. The van der Waals surface area contributed by atoms with Crippen molar-refractivity contribution in [1.82, 2.24) is 0 Å². The van der Waals surface area contributed by atoms with Crippen LogP contribution in [0.4, 0.5) is 0 Å². The lowest BCUT2D eigenvalue weighted by molar-refractivity contribution is 0.244. The summed E-state index contributed by atoms with van der Waals surface area (Å²) >= 11 is 0. The van der Waals surface area contributed by atoms with Crippen LogP contribution >= 0.6 is 0 Å². The molecule has 3 rings (SSSR count). The molecule has 142 valence electrons. The van der Waals surface area contributed by atoms with Gasteiger partial charge in [0.15, 0.2) is 0 Å². The van der Waals surface area contributed by atoms with Crippen LogP contribution in [0.25, 0.3) is 0 Å². The lowest BCUT2D eigenvalue weighted by atomic mass is 9.77. The Kier molecular flexibility index (Phi) is 6.19. The van der Waals surface area contributed by atoms with Gasteiger partial charge in [0.05, 0.1) is 6.07 Å². The Morgan fingerprint density at radius 2 is 1.33 bits per heavy atom. The van der Waals surface area contributed by atoms with E-state index in [4.69, 9.17) is 5.26 Å². The minimum atomic E-state index is -2.90. The predicted octanol–water partition coefficient (Wildman–Crippen LogP) is 4.63. The zero-order valence-corrected chi connectivity index (χ0v) is 17.6. The Morgan fingerprint density at radius 1 is 0.889 bits per heavy atom. The molecule has 1 fully saturated rings. The van der Waals surface area contributed by atoms with Crippen molar-refractivity contribution in [2.45, 2.75) is 57.4 Å². The van der Waals surface area contributed by atoms with Gasteiger partial charge >= 0.3 is 0 Å². The Morgan fingerprint density at radius 3 is 1.78 bits per heavy atom. The van der Waals surface area contributed by atoms with Gasteiger partial charge in [-0.25, -0.2) is 0 Å². The zero-order valence-electron chi connectivity index (χ0n) is 16.6. The highest BCUT2D eigenvalue weighted by Gasteiger charge is 2.50. The molecule has 2 aromatic carbocycles. The van der Waals surface area contributed by atoms with Crippen molar-refractivity contribution in [3.63, 3.8) is 0 Å². The maximum absolute atomic E-state index is 12.2. The lowest BCUT2D eigenvalue weighted by Crippen LogP contribution is -2.65. The van der Waals surface area contributed by atoms with Gasteiger partial charge in [0.1, 0.15) is 0 Å². The summed E-state index contributed by atoms with van der Waals surface area (Å²) in [6.45, 7) is 4.53. The summed E-state index contributed by atoms with van der Waals surface area (Å²) < 4.78 is 0. The van der Waals surface area contributed by atoms with E-state index in [9.17, 15) is 4.80 Å². The Bertz CT molecular complexity index is 718. The zero-order chi connectivity index (χ0) is 19.3. The van der Waals surface area contributed by atoms with Gasteiger partial charge in [-0.05, 0) is 46.5 Å². The van der Waals surface area contributed by atoms with Crippen LogP contribution in [0.3, 0.4) is 0 Å². The second kappa shape index (κ2) is 8.42. The van der Waals surface area contributed by atoms with Crippen molar-refractivity contribution in [2.75, 3.05) is 0 Å². The summed E-state index contributed by atoms with van der Waals surface area (Å²) in [5, 5.41) is 11.0. The first-order valence-electron chi connectivity index (χ1n) is 10.2. The molecule has 0 aliphatic heterocycles. The number of hydrogen-bond acceptors (Lipinski definition) is 2. The summed E-state index contributed by atoms with van der Waals surface area (Å²) in [4.78, 5) is 12.2. The molecule has 0 radical (unpaired) electrons. The highest BCUT2D eigenvalue weighted by atomic mass is 28.4. The van der Waals surface area contributed by atoms with E-state index >= 15 is 0 Å². The molecule has 1 aliphatic rings. The van der Waals surface area contributed by atoms with E-state index in [0.29, 0.717) is 18.3 Å². The molecule has 0 saturated heterocycles. The Labute approximate surface area is 165 Å². The van der Waals surface area contributed by atoms with Crippen LogP contribution in [0.2, 0.25) is 5.04 Å². The minimum absolute atomic E-state index is 0.164. The van der Waals surface area contributed by atoms with Gasteiger partial charge in [0, 0.05) is 6.42 Å². The molecule has 0 bridgehead atoms. The third-order valence-corrected chi connectivity index (χ3v) is 11.0. The smallest absolute Gasteiger partial charge is 0.258 e. The van der Waals surface area contributed by atoms with Crippen LogP contribution < -0.4 is 10.4 Å². The molecular weight excluding hydrogens is 346 g/mol. The van der Waals surface area contributed by atoms with Gasteiger partial charge in [0.25, 0.3) is 8.32 Å². The molecule has 27 heavy (non-hydrogen) atoms. The highest BCUT2D eigenvalue weighted by molar-refractivity contribution is 6.98. The molecule has 2 nitrogen and oxygen atoms in total. The molecule has 0 aromatic heterocycles. The lowest BCUT2D eigenvalue weighted by Gasteiger charge is -2.44. The van der Waals surface area contributed by atoms with E-state index in [1.807, 2.05) is 36.4 Å².